The molecule has 0 radical (unpaired) electrons. The predicted octanol–water partition coefficient (Wildman–Crippen LogP) is 6.98. The second-order valence-electron chi connectivity index (χ2n) is 9.13. The fourth-order valence-corrected chi connectivity index (χ4v) is 4.24. The van der Waals surface area contributed by atoms with Crippen LogP contribution in [0.3, 0.4) is 0 Å². The summed E-state index contributed by atoms with van der Waals surface area (Å²) in [5, 5.41) is 14.3. The standard InChI is InChI=1S/C31H24BrF3N2O6/c32-23-10-4-19(5-11-23)20-6-12-25(13-7-20)42-30(41)28(21-8-14-26(15-9-21)43-31(33,34)35)37-24-3-1-2-22(18-24)29(40)36-17-16-27(38)39/h1-15,18,28,37H,16-17H2,(H,36,40)(H,38,39). The second kappa shape index (κ2) is 13.9. The van der Waals surface area contributed by atoms with Crippen molar-refractivity contribution in [1.29, 1.82) is 0 Å². The third kappa shape index (κ3) is 9.33. The molecule has 0 aliphatic heterocycles. The molecule has 43 heavy (non-hydrogen) atoms. The van der Waals surface area contributed by atoms with Crippen LogP contribution in [-0.4, -0.2) is 35.9 Å². The van der Waals surface area contributed by atoms with E-state index < -0.39 is 36.0 Å². The Hall–Kier alpha value is -4.84. The minimum Gasteiger partial charge on any atom is -0.481 e. The number of anilines is 1. The summed E-state index contributed by atoms with van der Waals surface area (Å²) in [7, 11) is 0. The van der Waals surface area contributed by atoms with E-state index in [2.05, 4.69) is 31.3 Å². The Balaban J connectivity index is 1.55. The van der Waals surface area contributed by atoms with Crippen molar-refractivity contribution in [3.05, 3.63) is 113 Å². The number of amides is 1. The molecule has 0 aromatic heterocycles. The number of nitrogens with one attached hydrogen (secondary N) is 2. The SMILES string of the molecule is O=C(O)CCNC(=O)c1cccc(NC(C(=O)Oc2ccc(-c3ccc(Br)cc3)cc2)c2ccc(OC(F)(F)F)cc2)c1. The van der Waals surface area contributed by atoms with Crippen molar-refractivity contribution < 1.29 is 42.1 Å². The molecule has 0 bridgehead atoms. The van der Waals surface area contributed by atoms with Crippen LogP contribution in [0.2, 0.25) is 0 Å². The first-order chi connectivity index (χ1) is 20.5. The van der Waals surface area contributed by atoms with Gasteiger partial charge in [-0.1, -0.05) is 58.4 Å². The number of carbonyl (C=O) groups excluding carboxylic acids is 2. The highest BCUT2D eigenvalue weighted by molar-refractivity contribution is 9.10. The maximum absolute atomic E-state index is 13.4. The van der Waals surface area contributed by atoms with E-state index in [-0.39, 0.29) is 29.8 Å². The number of hydrogen-bond donors (Lipinski definition) is 3. The van der Waals surface area contributed by atoms with Crippen molar-refractivity contribution in [3.8, 4) is 22.6 Å². The van der Waals surface area contributed by atoms with E-state index in [0.29, 0.717) is 5.69 Å². The Morgan fingerprint density at radius 1 is 0.837 bits per heavy atom. The van der Waals surface area contributed by atoms with E-state index in [1.54, 1.807) is 36.4 Å². The molecule has 0 fully saturated rings. The fourth-order valence-electron chi connectivity index (χ4n) is 3.98. The Kier molecular flexibility index (Phi) is 10.0. The zero-order chi connectivity index (χ0) is 31.0. The summed E-state index contributed by atoms with van der Waals surface area (Å²) in [6.07, 6.45) is -5.14. The number of halogens is 4. The van der Waals surface area contributed by atoms with Gasteiger partial charge >= 0.3 is 18.3 Å². The molecule has 1 atom stereocenters. The summed E-state index contributed by atoms with van der Waals surface area (Å²) in [6, 6.07) is 24.1. The number of carboxylic acid groups (broad SMARTS) is 1. The molecule has 4 aromatic rings. The van der Waals surface area contributed by atoms with Gasteiger partial charge in [0, 0.05) is 22.3 Å². The molecule has 0 aliphatic carbocycles. The molecule has 8 nitrogen and oxygen atoms in total. The molecular weight excluding hydrogens is 633 g/mol. The third-order valence-corrected chi connectivity index (χ3v) is 6.52. The van der Waals surface area contributed by atoms with E-state index in [1.807, 2.05) is 24.3 Å². The van der Waals surface area contributed by atoms with Gasteiger partial charge in [-0.3, -0.25) is 9.59 Å². The molecule has 4 aromatic carbocycles. The number of rotatable bonds is 11. The normalized spacial score (nSPS) is 11.7. The molecular formula is C31H24BrF3N2O6. The van der Waals surface area contributed by atoms with Crippen LogP contribution < -0.4 is 20.1 Å². The molecule has 3 N–H and O–H groups in total. The molecule has 1 amide bonds. The lowest BCUT2D eigenvalue weighted by molar-refractivity contribution is -0.274. The average Bonchev–Trinajstić information content (AvgIpc) is 2.96. The lowest BCUT2D eigenvalue weighted by Crippen LogP contribution is -2.27. The van der Waals surface area contributed by atoms with E-state index in [4.69, 9.17) is 9.84 Å². The summed E-state index contributed by atoms with van der Waals surface area (Å²) in [4.78, 5) is 36.6. The number of ether oxygens (including phenoxy) is 2. The lowest BCUT2D eigenvalue weighted by atomic mass is 10.1. The summed E-state index contributed by atoms with van der Waals surface area (Å²) in [5.74, 6) is -2.58. The number of alkyl halides is 3. The van der Waals surface area contributed by atoms with Crippen molar-refractivity contribution in [2.45, 2.75) is 18.8 Å². The number of carbonyl (C=O) groups is 3. The highest BCUT2D eigenvalue weighted by Crippen LogP contribution is 2.29. The smallest absolute Gasteiger partial charge is 0.481 e. The zero-order valence-electron chi connectivity index (χ0n) is 22.2. The largest absolute Gasteiger partial charge is 0.573 e. The van der Waals surface area contributed by atoms with Crippen molar-refractivity contribution >= 4 is 39.5 Å². The summed E-state index contributed by atoms with van der Waals surface area (Å²) < 4.78 is 48.5. The van der Waals surface area contributed by atoms with Crippen LogP contribution >= 0.6 is 15.9 Å². The molecule has 12 heteroatoms. The summed E-state index contributed by atoms with van der Waals surface area (Å²) >= 11 is 3.40. The molecule has 1 unspecified atom stereocenters. The van der Waals surface area contributed by atoms with Crippen molar-refractivity contribution in [3.63, 3.8) is 0 Å². The van der Waals surface area contributed by atoms with Gasteiger partial charge in [-0.25, -0.2) is 4.79 Å². The monoisotopic (exact) mass is 656 g/mol. The first kappa shape index (κ1) is 31.1. The lowest BCUT2D eigenvalue weighted by Gasteiger charge is -2.20. The van der Waals surface area contributed by atoms with Gasteiger partial charge in [0.2, 0.25) is 0 Å². The summed E-state index contributed by atoms with van der Waals surface area (Å²) in [6.45, 7) is -0.0757. The Morgan fingerprint density at radius 3 is 2.05 bits per heavy atom. The number of aliphatic carboxylic acids is 1. The van der Waals surface area contributed by atoms with Crippen molar-refractivity contribution in [2.75, 3.05) is 11.9 Å². The Labute approximate surface area is 252 Å². The van der Waals surface area contributed by atoms with E-state index in [0.717, 1.165) is 27.7 Å². The highest BCUT2D eigenvalue weighted by atomic mass is 79.9. The molecule has 0 saturated carbocycles. The predicted molar refractivity (Wildman–Crippen MR) is 156 cm³/mol. The van der Waals surface area contributed by atoms with Gasteiger partial charge in [0.25, 0.3) is 5.91 Å². The molecule has 0 spiro atoms. The van der Waals surface area contributed by atoms with Gasteiger partial charge in [0.15, 0.2) is 6.04 Å². The van der Waals surface area contributed by atoms with Crippen LogP contribution in [0.1, 0.15) is 28.4 Å². The van der Waals surface area contributed by atoms with Crippen LogP contribution in [0.15, 0.2) is 102 Å². The minimum absolute atomic E-state index is 0.0757. The van der Waals surface area contributed by atoms with Gasteiger partial charge in [0.05, 0.1) is 6.42 Å². The quantitative estimate of drug-likeness (QED) is 0.118. The van der Waals surface area contributed by atoms with Gasteiger partial charge < -0.3 is 25.2 Å². The van der Waals surface area contributed by atoms with Gasteiger partial charge in [-0.05, 0) is 71.3 Å². The van der Waals surface area contributed by atoms with Crippen molar-refractivity contribution in [2.24, 2.45) is 0 Å². The van der Waals surface area contributed by atoms with E-state index in [9.17, 15) is 27.6 Å². The first-order valence-electron chi connectivity index (χ1n) is 12.8. The Morgan fingerprint density at radius 2 is 1.44 bits per heavy atom. The van der Waals surface area contributed by atoms with E-state index in [1.165, 1.54) is 24.3 Å². The Bertz CT molecular complexity index is 1580. The molecule has 0 heterocycles. The molecule has 0 saturated heterocycles. The number of benzene rings is 4. The minimum atomic E-state index is -4.88. The van der Waals surface area contributed by atoms with E-state index >= 15 is 0 Å². The maximum Gasteiger partial charge on any atom is 0.573 e. The average molecular weight is 657 g/mol. The number of hydrogen-bond acceptors (Lipinski definition) is 6. The summed E-state index contributed by atoms with van der Waals surface area (Å²) in [5.41, 5.74) is 2.63. The van der Waals surface area contributed by atoms with Crippen LogP contribution in [0.4, 0.5) is 18.9 Å². The highest BCUT2D eigenvalue weighted by Gasteiger charge is 2.31. The van der Waals surface area contributed by atoms with Gasteiger partial charge in [-0.15, -0.1) is 13.2 Å². The first-order valence-corrected chi connectivity index (χ1v) is 13.6. The number of esters is 1. The molecule has 0 aliphatic rings. The van der Waals surface area contributed by atoms with Crippen LogP contribution in [0.25, 0.3) is 11.1 Å². The van der Waals surface area contributed by atoms with Crippen LogP contribution in [0.5, 0.6) is 11.5 Å². The van der Waals surface area contributed by atoms with Crippen LogP contribution in [0, 0.1) is 0 Å². The topological polar surface area (TPSA) is 114 Å². The van der Waals surface area contributed by atoms with Gasteiger partial charge in [-0.2, -0.15) is 0 Å². The number of carboxylic acids is 1. The second-order valence-corrected chi connectivity index (χ2v) is 10.0. The maximum atomic E-state index is 13.4. The van der Waals surface area contributed by atoms with Gasteiger partial charge in [0.1, 0.15) is 11.5 Å². The molecule has 222 valence electrons. The fraction of sp³-hybridized carbons (Fsp3) is 0.129. The zero-order valence-corrected chi connectivity index (χ0v) is 23.8. The third-order valence-electron chi connectivity index (χ3n) is 5.99. The molecule has 4 rings (SSSR count). The van der Waals surface area contributed by atoms with Crippen molar-refractivity contribution in [1.82, 2.24) is 5.32 Å². The van der Waals surface area contributed by atoms with Crippen LogP contribution in [-0.2, 0) is 9.59 Å².